The van der Waals surface area contributed by atoms with E-state index in [1.807, 2.05) is 0 Å². The van der Waals surface area contributed by atoms with Crippen LogP contribution in [0.3, 0.4) is 0 Å². The van der Waals surface area contributed by atoms with Crippen LogP contribution in [0, 0.1) is 0 Å². The first-order chi connectivity index (χ1) is 24.8. The number of hydrogen-bond donors (Lipinski definition) is 2. The highest BCUT2D eigenvalue weighted by atomic mass is 31.2. The zero-order valence-corrected chi connectivity index (χ0v) is 34.0. The predicted molar refractivity (Wildman–Crippen MR) is 211 cm³/mol. The summed E-state index contributed by atoms with van der Waals surface area (Å²) in [6.45, 7) is 3.74. The molecule has 0 spiro atoms. The van der Waals surface area contributed by atoms with Gasteiger partial charge in [-0.15, -0.1) is 0 Å². The Morgan fingerprint density at radius 3 is 1.39 bits per heavy atom. The van der Waals surface area contributed by atoms with E-state index in [0.717, 1.165) is 51.4 Å². The van der Waals surface area contributed by atoms with Crippen molar-refractivity contribution in [3.63, 3.8) is 0 Å². The second-order valence-corrected chi connectivity index (χ2v) is 15.7. The number of phosphoric ester groups is 1. The SMILES string of the molecule is CCCCCCCC/C=C\CCCCCCCC(=O)OC[C@H](COP(=O)(O)OCCN)OC(=O)CCCCCCCCCCCCCCCCC. The Balaban J connectivity index is 4.15. The van der Waals surface area contributed by atoms with E-state index in [4.69, 9.17) is 24.3 Å². The first-order valence-corrected chi connectivity index (χ1v) is 22.7. The number of unbranched alkanes of at least 4 members (excludes halogenated alkanes) is 25. The summed E-state index contributed by atoms with van der Waals surface area (Å²) in [6, 6.07) is 0. The van der Waals surface area contributed by atoms with Gasteiger partial charge < -0.3 is 20.1 Å². The fraction of sp³-hybridized carbons (Fsp3) is 0.902. The number of phosphoric acid groups is 1. The molecule has 0 aliphatic carbocycles. The highest BCUT2D eigenvalue weighted by molar-refractivity contribution is 7.47. The van der Waals surface area contributed by atoms with Crippen molar-refractivity contribution in [2.24, 2.45) is 5.73 Å². The average Bonchev–Trinajstić information content (AvgIpc) is 3.11. The topological polar surface area (TPSA) is 134 Å². The molecule has 0 aliphatic heterocycles. The number of carbonyl (C=O) groups excluding carboxylic acids is 2. The monoisotopic (exact) mass is 746 g/mol. The van der Waals surface area contributed by atoms with Crippen molar-refractivity contribution in [3.8, 4) is 0 Å². The van der Waals surface area contributed by atoms with E-state index in [-0.39, 0.29) is 38.6 Å². The van der Waals surface area contributed by atoms with Crippen LogP contribution in [-0.2, 0) is 32.7 Å². The molecule has 0 heterocycles. The molecule has 0 radical (unpaired) electrons. The van der Waals surface area contributed by atoms with Crippen LogP contribution in [0.1, 0.15) is 206 Å². The van der Waals surface area contributed by atoms with E-state index >= 15 is 0 Å². The van der Waals surface area contributed by atoms with Gasteiger partial charge in [-0.2, -0.15) is 0 Å². The van der Waals surface area contributed by atoms with Gasteiger partial charge in [0, 0.05) is 19.4 Å². The maximum Gasteiger partial charge on any atom is 0.472 e. The van der Waals surface area contributed by atoms with E-state index < -0.39 is 26.5 Å². The Labute approximate surface area is 313 Å². The van der Waals surface area contributed by atoms with Gasteiger partial charge in [0.05, 0.1) is 13.2 Å². The summed E-state index contributed by atoms with van der Waals surface area (Å²) in [4.78, 5) is 34.8. The molecule has 51 heavy (non-hydrogen) atoms. The second-order valence-electron chi connectivity index (χ2n) is 14.2. The minimum absolute atomic E-state index is 0.0551. The Kier molecular flexibility index (Phi) is 37.5. The first-order valence-electron chi connectivity index (χ1n) is 21.2. The van der Waals surface area contributed by atoms with Crippen molar-refractivity contribution in [2.45, 2.75) is 213 Å². The summed E-state index contributed by atoms with van der Waals surface area (Å²) in [5.74, 6) is -0.829. The van der Waals surface area contributed by atoms with Crippen LogP contribution < -0.4 is 5.73 Å². The van der Waals surface area contributed by atoms with Crippen LogP contribution in [-0.4, -0.2) is 49.3 Å². The number of hydrogen-bond acceptors (Lipinski definition) is 8. The molecule has 0 aromatic rings. The van der Waals surface area contributed by atoms with Crippen LogP contribution in [0.25, 0.3) is 0 Å². The zero-order valence-electron chi connectivity index (χ0n) is 33.1. The van der Waals surface area contributed by atoms with Crippen LogP contribution in [0.5, 0.6) is 0 Å². The van der Waals surface area contributed by atoms with E-state index in [1.54, 1.807) is 0 Å². The van der Waals surface area contributed by atoms with E-state index in [0.29, 0.717) is 6.42 Å². The Hall–Kier alpha value is -1.25. The molecule has 0 saturated carbocycles. The molecule has 0 saturated heterocycles. The van der Waals surface area contributed by atoms with Crippen LogP contribution in [0.4, 0.5) is 0 Å². The molecular weight excluding hydrogens is 665 g/mol. The first kappa shape index (κ1) is 49.8. The molecule has 9 nitrogen and oxygen atoms in total. The van der Waals surface area contributed by atoms with Gasteiger partial charge in [0.25, 0.3) is 0 Å². The van der Waals surface area contributed by atoms with Gasteiger partial charge in [0.1, 0.15) is 6.61 Å². The van der Waals surface area contributed by atoms with Crippen LogP contribution in [0.2, 0.25) is 0 Å². The largest absolute Gasteiger partial charge is 0.472 e. The quantitative estimate of drug-likeness (QED) is 0.0272. The van der Waals surface area contributed by atoms with Crippen molar-refractivity contribution < 1.29 is 37.6 Å². The third-order valence-corrected chi connectivity index (χ3v) is 10.1. The third-order valence-electron chi connectivity index (χ3n) is 9.15. The molecule has 2 atom stereocenters. The van der Waals surface area contributed by atoms with Crippen LogP contribution in [0.15, 0.2) is 12.2 Å². The highest BCUT2D eigenvalue weighted by Crippen LogP contribution is 2.43. The molecule has 0 bridgehead atoms. The molecule has 302 valence electrons. The van der Waals surface area contributed by atoms with Gasteiger partial charge in [-0.3, -0.25) is 18.6 Å². The average molecular weight is 746 g/mol. The van der Waals surface area contributed by atoms with Crippen molar-refractivity contribution in [1.29, 1.82) is 0 Å². The third kappa shape index (κ3) is 38.3. The van der Waals surface area contributed by atoms with Gasteiger partial charge in [0.15, 0.2) is 6.10 Å². The summed E-state index contributed by atoms with van der Waals surface area (Å²) in [5.41, 5.74) is 5.34. The van der Waals surface area contributed by atoms with Gasteiger partial charge >= 0.3 is 19.8 Å². The summed E-state index contributed by atoms with van der Waals surface area (Å²) in [6.07, 6.45) is 38.1. The Morgan fingerprint density at radius 2 is 0.961 bits per heavy atom. The summed E-state index contributed by atoms with van der Waals surface area (Å²) >= 11 is 0. The van der Waals surface area contributed by atoms with Crippen molar-refractivity contribution >= 4 is 19.8 Å². The summed E-state index contributed by atoms with van der Waals surface area (Å²) in [5, 5.41) is 0. The lowest BCUT2D eigenvalue weighted by Crippen LogP contribution is -2.29. The minimum atomic E-state index is -4.37. The molecule has 1 unspecified atom stereocenters. The molecule has 10 heteroatoms. The van der Waals surface area contributed by atoms with Crippen LogP contribution >= 0.6 is 7.82 Å². The second kappa shape index (κ2) is 38.5. The number of carbonyl (C=O) groups is 2. The molecule has 3 N–H and O–H groups in total. The van der Waals surface area contributed by atoms with Gasteiger partial charge in [-0.1, -0.05) is 167 Å². The fourth-order valence-corrected chi connectivity index (χ4v) is 6.75. The predicted octanol–water partition coefficient (Wildman–Crippen LogP) is 11.8. The van der Waals surface area contributed by atoms with Gasteiger partial charge in [0.2, 0.25) is 0 Å². The highest BCUT2D eigenvalue weighted by Gasteiger charge is 2.26. The normalized spacial score (nSPS) is 13.4. The molecule has 0 rings (SSSR count). The number of ether oxygens (including phenoxy) is 2. The smallest absolute Gasteiger partial charge is 0.462 e. The van der Waals surface area contributed by atoms with Crippen molar-refractivity contribution in [1.82, 2.24) is 0 Å². The summed E-state index contributed by atoms with van der Waals surface area (Å²) in [7, 11) is -4.37. The standard InChI is InChI=1S/C41H80NO8P/c1-3-5-7-9-11-13-15-17-19-21-23-25-27-29-31-33-40(43)47-37-39(38-49-51(45,46)48-36-35-42)50-41(44)34-32-30-28-26-24-22-20-18-16-14-12-10-8-6-4-2/h17,19,39H,3-16,18,20-38,42H2,1-2H3,(H,45,46)/b19-17-/t39-/m1/s1. The molecule has 0 aliphatic rings. The zero-order chi connectivity index (χ0) is 37.5. The minimum Gasteiger partial charge on any atom is -0.462 e. The lowest BCUT2D eigenvalue weighted by molar-refractivity contribution is -0.161. The van der Waals surface area contributed by atoms with Crippen molar-refractivity contribution in [2.75, 3.05) is 26.4 Å². The fourth-order valence-electron chi connectivity index (χ4n) is 5.98. The Bertz CT molecular complexity index is 856. The lowest BCUT2D eigenvalue weighted by atomic mass is 10.0. The van der Waals surface area contributed by atoms with E-state index in [9.17, 15) is 19.0 Å². The maximum absolute atomic E-state index is 12.6. The van der Waals surface area contributed by atoms with E-state index in [1.165, 1.54) is 122 Å². The van der Waals surface area contributed by atoms with Crippen molar-refractivity contribution in [3.05, 3.63) is 12.2 Å². The molecule has 0 aromatic carbocycles. The maximum atomic E-state index is 12.6. The molecule has 0 fully saturated rings. The lowest BCUT2D eigenvalue weighted by Gasteiger charge is -2.19. The van der Waals surface area contributed by atoms with E-state index in [2.05, 4.69) is 26.0 Å². The summed E-state index contributed by atoms with van der Waals surface area (Å²) < 4.78 is 32.7. The number of allylic oxidation sites excluding steroid dienone is 2. The number of rotatable bonds is 40. The number of esters is 2. The molecule has 0 aromatic heterocycles. The number of nitrogens with two attached hydrogens (primary N) is 1. The Morgan fingerprint density at radius 1 is 0.569 bits per heavy atom. The molecule has 0 amide bonds. The van der Waals surface area contributed by atoms with Gasteiger partial charge in [-0.05, 0) is 38.5 Å². The van der Waals surface area contributed by atoms with Gasteiger partial charge in [-0.25, -0.2) is 4.57 Å². The molecular formula is C41H80NO8P.